The Balaban J connectivity index is 1.92. The molecule has 1 fully saturated rings. The molecule has 110 valence electrons. The van der Waals surface area contributed by atoms with Gasteiger partial charge in [-0.1, -0.05) is 32.1 Å². The Morgan fingerprint density at radius 1 is 1.30 bits per heavy atom. The van der Waals surface area contributed by atoms with Gasteiger partial charge in [0.1, 0.15) is 0 Å². The predicted octanol–water partition coefficient (Wildman–Crippen LogP) is 3.63. The van der Waals surface area contributed by atoms with Gasteiger partial charge in [0.25, 0.3) is 0 Å². The molecule has 0 spiro atoms. The summed E-state index contributed by atoms with van der Waals surface area (Å²) in [5.41, 5.74) is 1.09. The lowest BCUT2D eigenvalue weighted by atomic mass is 9.78. The van der Waals surface area contributed by atoms with Crippen molar-refractivity contribution in [1.29, 1.82) is 0 Å². The highest BCUT2D eigenvalue weighted by Gasteiger charge is 2.36. The van der Waals surface area contributed by atoms with Gasteiger partial charge >= 0.3 is 0 Å². The van der Waals surface area contributed by atoms with Crippen molar-refractivity contribution < 1.29 is 4.79 Å². The number of fused-ring (bicyclic) bond motifs is 1. The maximum Gasteiger partial charge on any atom is 0.186 e. The lowest BCUT2D eigenvalue weighted by Crippen LogP contribution is -2.44. The molecule has 3 nitrogen and oxygen atoms in total. The van der Waals surface area contributed by atoms with E-state index in [0.29, 0.717) is 17.7 Å². The van der Waals surface area contributed by atoms with Crippen LogP contribution in [-0.4, -0.2) is 34.4 Å². The van der Waals surface area contributed by atoms with Crippen molar-refractivity contribution in [2.45, 2.75) is 51.8 Å². The van der Waals surface area contributed by atoms with E-state index < -0.39 is 0 Å². The number of nitrogens with zero attached hydrogens (tertiary/aromatic N) is 2. The van der Waals surface area contributed by atoms with Gasteiger partial charge in [-0.05, 0) is 18.8 Å². The number of thiazole rings is 1. The smallest absolute Gasteiger partial charge is 0.186 e. The Hall–Kier alpha value is -0.550. The molecular formula is C15H22N2OS2. The second-order valence-electron chi connectivity index (χ2n) is 6.72. The van der Waals surface area contributed by atoms with E-state index in [9.17, 15) is 4.79 Å². The second kappa shape index (κ2) is 5.02. The van der Waals surface area contributed by atoms with E-state index in [4.69, 9.17) is 4.98 Å². The summed E-state index contributed by atoms with van der Waals surface area (Å²) in [6.07, 6.45) is 1.58. The Morgan fingerprint density at radius 2 is 2.05 bits per heavy atom. The third-order valence-electron chi connectivity index (χ3n) is 4.35. The fraction of sp³-hybridized carbons (Fsp3) is 0.733. The maximum absolute atomic E-state index is 12.3. The number of Topliss-reactive ketones (excluding diaryl/α,β-unsaturated/α-hetero) is 1. The summed E-state index contributed by atoms with van der Waals surface area (Å²) in [5, 5.41) is 1.68. The zero-order valence-corrected chi connectivity index (χ0v) is 14.2. The highest BCUT2D eigenvalue weighted by atomic mass is 32.2. The molecule has 20 heavy (non-hydrogen) atoms. The van der Waals surface area contributed by atoms with Crippen LogP contribution in [-0.2, 0) is 6.42 Å². The number of aromatic nitrogens is 1. The molecule has 0 aromatic carbocycles. The summed E-state index contributed by atoms with van der Waals surface area (Å²) in [7, 11) is 0. The SMILES string of the molecule is CC1SCCN(c2nc3c(s2)C(=O)CC(C)(C)C3)C1C. The van der Waals surface area contributed by atoms with Crippen LogP contribution in [0.4, 0.5) is 5.13 Å². The first-order valence-corrected chi connectivity index (χ1v) is 9.15. The fourth-order valence-electron chi connectivity index (χ4n) is 3.03. The Morgan fingerprint density at radius 3 is 2.80 bits per heavy atom. The third-order valence-corrected chi connectivity index (χ3v) is 6.87. The van der Waals surface area contributed by atoms with Gasteiger partial charge in [-0.15, -0.1) is 0 Å². The number of hydrogen-bond acceptors (Lipinski definition) is 5. The average molecular weight is 310 g/mol. The summed E-state index contributed by atoms with van der Waals surface area (Å²) < 4.78 is 0. The van der Waals surface area contributed by atoms with Crippen molar-refractivity contribution in [3.63, 3.8) is 0 Å². The summed E-state index contributed by atoms with van der Waals surface area (Å²) >= 11 is 3.64. The molecule has 0 radical (unpaired) electrons. The number of anilines is 1. The van der Waals surface area contributed by atoms with E-state index in [1.165, 1.54) is 0 Å². The van der Waals surface area contributed by atoms with Crippen LogP contribution in [0.3, 0.4) is 0 Å². The zero-order chi connectivity index (χ0) is 14.5. The Kier molecular flexibility index (Phi) is 3.61. The first kappa shape index (κ1) is 14.4. The quantitative estimate of drug-likeness (QED) is 0.793. The molecular weight excluding hydrogens is 288 g/mol. The number of thioether (sulfide) groups is 1. The van der Waals surface area contributed by atoms with Crippen LogP contribution < -0.4 is 4.90 Å². The molecule has 0 saturated carbocycles. The minimum Gasteiger partial charge on any atom is -0.343 e. The first-order chi connectivity index (χ1) is 9.37. The number of carbonyl (C=O) groups is 1. The highest BCUT2D eigenvalue weighted by molar-refractivity contribution is 8.00. The van der Waals surface area contributed by atoms with Crippen LogP contribution >= 0.6 is 23.1 Å². The summed E-state index contributed by atoms with van der Waals surface area (Å²) in [6, 6.07) is 0.490. The second-order valence-corrected chi connectivity index (χ2v) is 9.19. The molecule has 0 amide bonds. The van der Waals surface area contributed by atoms with Crippen molar-refractivity contribution in [2.75, 3.05) is 17.2 Å². The number of rotatable bonds is 1. The lowest BCUT2D eigenvalue weighted by Gasteiger charge is -2.37. The molecule has 2 unspecified atom stereocenters. The van der Waals surface area contributed by atoms with Crippen molar-refractivity contribution in [3.8, 4) is 0 Å². The van der Waals surface area contributed by atoms with Gasteiger partial charge in [-0.25, -0.2) is 4.98 Å². The maximum atomic E-state index is 12.3. The van der Waals surface area contributed by atoms with Gasteiger partial charge in [0, 0.05) is 30.0 Å². The summed E-state index contributed by atoms with van der Waals surface area (Å²) in [5.74, 6) is 1.43. The van der Waals surface area contributed by atoms with Gasteiger partial charge < -0.3 is 4.90 Å². The van der Waals surface area contributed by atoms with E-state index in [0.717, 1.165) is 34.4 Å². The molecule has 0 bridgehead atoms. The molecule has 1 aromatic heterocycles. The van der Waals surface area contributed by atoms with E-state index in [2.05, 4.69) is 32.6 Å². The highest BCUT2D eigenvalue weighted by Crippen LogP contribution is 2.40. The van der Waals surface area contributed by atoms with Crippen molar-refractivity contribution in [3.05, 3.63) is 10.6 Å². The predicted molar refractivity (Wildman–Crippen MR) is 87.3 cm³/mol. The largest absolute Gasteiger partial charge is 0.343 e. The molecule has 5 heteroatoms. The molecule has 2 heterocycles. The first-order valence-electron chi connectivity index (χ1n) is 7.28. The minimum atomic E-state index is 0.0616. The number of carbonyl (C=O) groups excluding carboxylic acids is 1. The molecule has 2 aliphatic rings. The van der Waals surface area contributed by atoms with Gasteiger partial charge in [-0.3, -0.25) is 4.79 Å². The van der Waals surface area contributed by atoms with E-state index in [-0.39, 0.29) is 11.2 Å². The van der Waals surface area contributed by atoms with Crippen LogP contribution in [0.15, 0.2) is 0 Å². The standard InChI is InChI=1S/C15H22N2OS2/c1-9-10(2)19-6-5-17(9)14-16-11-7-15(3,4)8-12(18)13(11)20-14/h9-10H,5-8H2,1-4H3. The molecule has 1 aliphatic carbocycles. The van der Waals surface area contributed by atoms with Crippen LogP contribution in [0.25, 0.3) is 0 Å². The van der Waals surface area contributed by atoms with E-state index >= 15 is 0 Å². The van der Waals surface area contributed by atoms with Crippen LogP contribution in [0, 0.1) is 5.41 Å². The van der Waals surface area contributed by atoms with E-state index in [1.54, 1.807) is 11.3 Å². The fourth-order valence-corrected chi connectivity index (χ4v) is 5.27. The van der Waals surface area contributed by atoms with Crippen molar-refractivity contribution in [2.24, 2.45) is 5.41 Å². The number of ketones is 1. The molecule has 2 atom stereocenters. The molecule has 1 aromatic rings. The summed E-state index contributed by atoms with van der Waals surface area (Å²) in [6.45, 7) is 9.91. The average Bonchev–Trinajstić information content (AvgIpc) is 2.75. The van der Waals surface area contributed by atoms with Crippen LogP contribution in [0.5, 0.6) is 0 Å². The van der Waals surface area contributed by atoms with Gasteiger partial charge in [0.15, 0.2) is 10.9 Å². The van der Waals surface area contributed by atoms with Crippen LogP contribution in [0.2, 0.25) is 0 Å². The zero-order valence-electron chi connectivity index (χ0n) is 12.6. The van der Waals surface area contributed by atoms with Crippen molar-refractivity contribution >= 4 is 34.0 Å². The van der Waals surface area contributed by atoms with Crippen molar-refractivity contribution in [1.82, 2.24) is 4.98 Å². The van der Waals surface area contributed by atoms with Gasteiger partial charge in [0.05, 0.1) is 10.6 Å². The van der Waals surface area contributed by atoms with Gasteiger partial charge in [-0.2, -0.15) is 11.8 Å². The molecule has 1 aliphatic heterocycles. The third kappa shape index (κ3) is 2.50. The normalized spacial score (nSPS) is 29.4. The molecule has 3 rings (SSSR count). The Labute approximate surface area is 129 Å². The monoisotopic (exact) mass is 310 g/mol. The topological polar surface area (TPSA) is 33.2 Å². The van der Waals surface area contributed by atoms with E-state index in [1.807, 2.05) is 11.8 Å². The van der Waals surface area contributed by atoms with Crippen LogP contribution in [0.1, 0.15) is 49.5 Å². The Bertz CT molecular complexity index is 538. The van der Waals surface area contributed by atoms with Gasteiger partial charge in [0.2, 0.25) is 0 Å². The summed E-state index contributed by atoms with van der Waals surface area (Å²) in [4.78, 5) is 20.4. The molecule has 1 saturated heterocycles. The molecule has 0 N–H and O–H groups in total. The lowest BCUT2D eigenvalue weighted by molar-refractivity contribution is 0.0916. The minimum absolute atomic E-state index is 0.0616. The number of hydrogen-bond donors (Lipinski definition) is 0.